The number of aliphatic hydroxyl groups excluding tert-OH is 1. The van der Waals surface area contributed by atoms with Gasteiger partial charge < -0.3 is 25.6 Å². The highest BCUT2D eigenvalue weighted by Gasteiger charge is 2.42. The van der Waals surface area contributed by atoms with E-state index in [1.807, 2.05) is 6.92 Å². The number of hydrogen-bond acceptors (Lipinski definition) is 8. The molecular formula is C28H33F3N6O4. The number of halogens is 3. The van der Waals surface area contributed by atoms with Gasteiger partial charge in [-0.25, -0.2) is 9.50 Å². The van der Waals surface area contributed by atoms with Crippen molar-refractivity contribution in [3.8, 4) is 17.0 Å². The number of fused-ring (bicyclic) bond motifs is 2. The lowest BCUT2D eigenvalue weighted by molar-refractivity contribution is -0.274. The van der Waals surface area contributed by atoms with Crippen molar-refractivity contribution in [2.24, 2.45) is 5.92 Å². The summed E-state index contributed by atoms with van der Waals surface area (Å²) in [6.45, 7) is 3.89. The standard InChI is InChI=1S/C28H33F3N6O4/c1-14(15-3-4-15)36-13-17-11-16(12-20(21(17)26(36)39)41-28(29,30)31)19-7-10-37-24(34-19)22(23(32)35-37)25(38)33-18-5-8-27(2,40)9-6-18/h7,10-12,14-15,18,25,33,38,40H,3-6,8-9,13H2,1-2H3,(H2,32,35)/t14-,18-,25?,27+/m0/s1. The summed E-state index contributed by atoms with van der Waals surface area (Å²) in [5, 5.41) is 28.7. The molecule has 3 heterocycles. The first-order valence-electron chi connectivity index (χ1n) is 13.8. The van der Waals surface area contributed by atoms with Crippen molar-refractivity contribution in [2.45, 2.75) is 89.2 Å². The van der Waals surface area contributed by atoms with Gasteiger partial charge in [-0.05, 0) is 82.1 Å². The third-order valence-corrected chi connectivity index (χ3v) is 8.60. The van der Waals surface area contributed by atoms with Gasteiger partial charge in [0, 0.05) is 30.4 Å². The Hall–Kier alpha value is -3.42. The quantitative estimate of drug-likeness (QED) is 0.312. The zero-order valence-corrected chi connectivity index (χ0v) is 22.8. The Bertz CT molecular complexity index is 1490. The van der Waals surface area contributed by atoms with E-state index in [0.29, 0.717) is 48.4 Å². The normalized spacial score (nSPS) is 24.5. The first-order chi connectivity index (χ1) is 19.3. The molecule has 1 aromatic carbocycles. The van der Waals surface area contributed by atoms with Crippen LogP contribution in [-0.4, -0.2) is 59.7 Å². The Morgan fingerprint density at radius 2 is 1.93 bits per heavy atom. The number of hydrogen-bond donors (Lipinski definition) is 4. The molecule has 2 saturated carbocycles. The molecule has 5 N–H and O–H groups in total. The number of ether oxygens (including phenoxy) is 1. The number of alkyl halides is 3. The van der Waals surface area contributed by atoms with Crippen molar-refractivity contribution >= 4 is 17.4 Å². The van der Waals surface area contributed by atoms with Gasteiger partial charge >= 0.3 is 6.36 Å². The maximum absolute atomic E-state index is 13.4. The number of benzene rings is 1. The monoisotopic (exact) mass is 574 g/mol. The minimum Gasteiger partial charge on any atom is -0.405 e. The van der Waals surface area contributed by atoms with Crippen molar-refractivity contribution in [2.75, 3.05) is 5.73 Å². The summed E-state index contributed by atoms with van der Waals surface area (Å²) in [6.07, 6.45) is -0.164. The highest BCUT2D eigenvalue weighted by molar-refractivity contribution is 6.02. The van der Waals surface area contributed by atoms with Crippen molar-refractivity contribution in [1.82, 2.24) is 24.8 Å². The molecule has 3 aromatic rings. The lowest BCUT2D eigenvalue weighted by Crippen LogP contribution is -2.41. The zero-order valence-electron chi connectivity index (χ0n) is 22.8. The molecule has 2 aliphatic carbocycles. The van der Waals surface area contributed by atoms with Crippen molar-refractivity contribution < 1.29 is 32.9 Å². The smallest absolute Gasteiger partial charge is 0.405 e. The number of aliphatic hydroxyl groups is 2. The van der Waals surface area contributed by atoms with Crippen LogP contribution in [0.15, 0.2) is 24.4 Å². The van der Waals surface area contributed by atoms with E-state index in [2.05, 4.69) is 20.1 Å². The largest absolute Gasteiger partial charge is 0.573 e. The van der Waals surface area contributed by atoms with E-state index < -0.39 is 29.8 Å². The minimum absolute atomic E-state index is 0.0555. The molecule has 2 aromatic heterocycles. The second-order valence-electron chi connectivity index (χ2n) is 11.8. The van der Waals surface area contributed by atoms with Crippen molar-refractivity contribution in [1.29, 1.82) is 0 Å². The fraction of sp³-hybridized carbons (Fsp3) is 0.536. The van der Waals surface area contributed by atoms with E-state index in [9.17, 15) is 28.2 Å². The van der Waals surface area contributed by atoms with E-state index in [4.69, 9.17) is 5.73 Å². The Balaban J connectivity index is 1.35. The van der Waals surface area contributed by atoms with Crippen molar-refractivity contribution in [3.05, 3.63) is 41.1 Å². The highest BCUT2D eigenvalue weighted by atomic mass is 19.4. The Morgan fingerprint density at radius 3 is 2.59 bits per heavy atom. The molecule has 0 radical (unpaired) electrons. The average molecular weight is 575 g/mol. The van der Waals surface area contributed by atoms with Crippen LogP contribution in [0.25, 0.3) is 16.9 Å². The van der Waals surface area contributed by atoms with Gasteiger partial charge in [-0.2, -0.15) is 0 Å². The van der Waals surface area contributed by atoms with Gasteiger partial charge in [-0.15, -0.1) is 18.3 Å². The highest BCUT2D eigenvalue weighted by Crippen LogP contribution is 2.43. The zero-order chi connectivity index (χ0) is 29.3. The number of nitrogens with zero attached hydrogens (tertiary/aromatic N) is 4. The van der Waals surface area contributed by atoms with Gasteiger partial charge in [-0.3, -0.25) is 10.1 Å². The molecule has 220 valence electrons. The third-order valence-electron chi connectivity index (χ3n) is 8.60. The Morgan fingerprint density at radius 1 is 1.22 bits per heavy atom. The summed E-state index contributed by atoms with van der Waals surface area (Å²) in [7, 11) is 0. The maximum Gasteiger partial charge on any atom is 0.573 e. The summed E-state index contributed by atoms with van der Waals surface area (Å²) in [5.74, 6) is -0.637. The molecule has 13 heteroatoms. The van der Waals surface area contributed by atoms with E-state index in [1.54, 1.807) is 30.2 Å². The van der Waals surface area contributed by atoms with Crippen LogP contribution < -0.4 is 15.8 Å². The Labute approximate surface area is 234 Å². The number of nitrogens with one attached hydrogen (secondary N) is 1. The van der Waals surface area contributed by atoms with Crippen LogP contribution >= 0.6 is 0 Å². The fourth-order valence-corrected chi connectivity index (χ4v) is 6.05. The number of carbonyl (C=O) groups is 1. The predicted molar refractivity (Wildman–Crippen MR) is 143 cm³/mol. The van der Waals surface area contributed by atoms with Crippen LogP contribution in [0, 0.1) is 5.92 Å². The number of nitrogens with two attached hydrogens (primary N) is 1. The maximum atomic E-state index is 13.4. The molecule has 2 atom stereocenters. The SMILES string of the molecule is C[C@@H](C1CC1)N1Cc2cc(-c3ccn4nc(N)c(C(O)N[C@H]5CC[C@@](C)(O)CC5)c4n3)cc(OC(F)(F)F)c2C1=O. The first kappa shape index (κ1) is 27.7. The Kier molecular flexibility index (Phi) is 6.66. The van der Waals surface area contributed by atoms with E-state index in [1.165, 1.54) is 10.6 Å². The number of rotatable bonds is 7. The summed E-state index contributed by atoms with van der Waals surface area (Å²) in [4.78, 5) is 19.4. The summed E-state index contributed by atoms with van der Waals surface area (Å²) >= 11 is 0. The van der Waals surface area contributed by atoms with Crippen LogP contribution in [0.4, 0.5) is 19.0 Å². The number of nitrogen functional groups attached to an aromatic ring is 1. The number of carbonyl (C=O) groups excluding carboxylic acids is 1. The van der Waals surface area contributed by atoms with E-state index >= 15 is 0 Å². The summed E-state index contributed by atoms with van der Waals surface area (Å²) in [5.41, 5.74) is 6.87. The molecule has 0 spiro atoms. The molecule has 10 nitrogen and oxygen atoms in total. The first-order valence-corrected chi connectivity index (χ1v) is 13.8. The van der Waals surface area contributed by atoms with Gasteiger partial charge in [0.05, 0.1) is 22.4 Å². The molecule has 3 aliphatic rings. The molecule has 2 fully saturated rings. The van der Waals surface area contributed by atoms with Gasteiger partial charge in [0.25, 0.3) is 5.91 Å². The lowest BCUT2D eigenvalue weighted by atomic mass is 9.83. The lowest BCUT2D eigenvalue weighted by Gasteiger charge is -2.34. The van der Waals surface area contributed by atoms with Gasteiger partial charge in [-0.1, -0.05) is 0 Å². The van der Waals surface area contributed by atoms with Gasteiger partial charge in [0.1, 0.15) is 12.0 Å². The summed E-state index contributed by atoms with van der Waals surface area (Å²) < 4.78 is 46.0. The number of aromatic nitrogens is 3. The third kappa shape index (κ3) is 5.45. The molecular weight excluding hydrogens is 541 g/mol. The molecule has 0 saturated heterocycles. The van der Waals surface area contributed by atoms with Gasteiger partial charge in [0.15, 0.2) is 11.5 Å². The van der Waals surface area contributed by atoms with Crippen LogP contribution in [0.3, 0.4) is 0 Å². The summed E-state index contributed by atoms with van der Waals surface area (Å²) in [6, 6.07) is 4.27. The van der Waals surface area contributed by atoms with Crippen molar-refractivity contribution in [3.63, 3.8) is 0 Å². The van der Waals surface area contributed by atoms with E-state index in [-0.39, 0.29) is 41.2 Å². The molecule has 41 heavy (non-hydrogen) atoms. The average Bonchev–Trinajstić information content (AvgIpc) is 3.61. The van der Waals surface area contributed by atoms with Crippen LogP contribution in [0.1, 0.15) is 80.1 Å². The molecule has 1 amide bonds. The predicted octanol–water partition coefficient (Wildman–Crippen LogP) is 3.91. The van der Waals surface area contributed by atoms with Crippen LogP contribution in [0.5, 0.6) is 5.75 Å². The second kappa shape index (κ2) is 9.85. The molecule has 6 rings (SSSR count). The van der Waals surface area contributed by atoms with Crippen LogP contribution in [0.2, 0.25) is 0 Å². The molecule has 1 unspecified atom stereocenters. The topological polar surface area (TPSA) is 138 Å². The number of amides is 1. The molecule has 1 aliphatic heterocycles. The molecule has 0 bridgehead atoms. The van der Waals surface area contributed by atoms with Gasteiger partial charge in [0.2, 0.25) is 0 Å². The van der Waals surface area contributed by atoms with E-state index in [0.717, 1.165) is 12.8 Å². The fourth-order valence-electron chi connectivity index (χ4n) is 6.05. The van der Waals surface area contributed by atoms with Crippen LogP contribution in [-0.2, 0) is 6.54 Å². The second-order valence-corrected chi connectivity index (χ2v) is 11.8. The minimum atomic E-state index is -4.99. The number of anilines is 1.